The monoisotopic (exact) mass is 113 g/mol. The molecule has 0 saturated heterocycles. The van der Waals surface area contributed by atoms with Gasteiger partial charge in [0.15, 0.2) is 0 Å². The second kappa shape index (κ2) is 1.78. The van der Waals surface area contributed by atoms with Gasteiger partial charge in [-0.25, -0.2) is 5.84 Å². The molecule has 1 rings (SSSR count). The third kappa shape index (κ3) is 0.753. The molecule has 0 aliphatic heterocycles. The van der Waals surface area contributed by atoms with Crippen molar-refractivity contribution in [1.82, 2.24) is 0 Å². The molecule has 0 aliphatic rings. The molecule has 2 nitrogen and oxygen atoms in total. The number of nitrogens with zero attached hydrogens (tertiary/aromatic N) is 1. The summed E-state index contributed by atoms with van der Waals surface area (Å²) in [6.07, 6.45) is 1.44. The minimum Gasteiger partial charge on any atom is -0.203 e. The Kier molecular flexibility index (Phi) is 1.12. The number of rotatable bonds is 0. The molecule has 8 heavy (non-hydrogen) atoms. The van der Waals surface area contributed by atoms with Crippen LogP contribution in [0.25, 0.3) is 0 Å². The van der Waals surface area contributed by atoms with Gasteiger partial charge in [0.1, 0.15) is 0 Å². The molecule has 0 fully saturated rings. The zero-order valence-corrected chi connectivity index (χ0v) is 4.21. The van der Waals surface area contributed by atoms with Crippen LogP contribution in [-0.4, -0.2) is 0 Å². The fourth-order valence-electron chi connectivity index (χ4n) is 0.435. The lowest BCUT2D eigenvalue weighted by atomic mass is 10.5. The first kappa shape index (κ1) is 5.03. The van der Waals surface area contributed by atoms with Gasteiger partial charge in [-0.1, -0.05) is 4.68 Å². The number of hydrogen-bond acceptors (Lipinski definition) is 1. The Hall–Kier alpha value is -1.12. The number of pyridine rings is 1. The molecule has 42 valence electrons. The van der Waals surface area contributed by atoms with Crippen molar-refractivity contribution in [2.45, 2.75) is 0 Å². The Morgan fingerprint density at radius 2 is 2.25 bits per heavy atom. The first-order chi connectivity index (χ1) is 3.80. The molecule has 0 aromatic carbocycles. The molecule has 1 aromatic heterocycles. The van der Waals surface area contributed by atoms with Crippen LogP contribution < -0.4 is 10.5 Å². The van der Waals surface area contributed by atoms with Crippen LogP contribution in [-0.2, 0) is 0 Å². The van der Waals surface area contributed by atoms with Gasteiger partial charge < -0.3 is 0 Å². The minimum atomic E-state index is -0.437. The fourth-order valence-corrected chi connectivity index (χ4v) is 0.435. The van der Waals surface area contributed by atoms with Crippen LogP contribution in [0.1, 0.15) is 0 Å². The standard InChI is InChI=1S/C5H6FN2/c6-5-3-1-2-4-8(5)7/h1-4H,7H2/q+1. The van der Waals surface area contributed by atoms with Crippen molar-refractivity contribution in [1.29, 1.82) is 0 Å². The Labute approximate surface area is 46.3 Å². The van der Waals surface area contributed by atoms with Crippen LogP contribution >= 0.6 is 0 Å². The summed E-state index contributed by atoms with van der Waals surface area (Å²) in [5.41, 5.74) is 0. The lowest BCUT2D eigenvalue weighted by Crippen LogP contribution is -2.47. The molecule has 0 bridgehead atoms. The Morgan fingerprint density at radius 3 is 2.62 bits per heavy atom. The summed E-state index contributed by atoms with van der Waals surface area (Å²) in [6.45, 7) is 0. The SMILES string of the molecule is N[n+]1ccccc1F. The van der Waals surface area contributed by atoms with Crippen LogP contribution in [0.5, 0.6) is 0 Å². The minimum absolute atomic E-state index is 0.437. The Balaban J connectivity index is 3.13. The quantitative estimate of drug-likeness (QED) is 0.282. The average molecular weight is 113 g/mol. The maximum absolute atomic E-state index is 12.2. The van der Waals surface area contributed by atoms with Crippen molar-refractivity contribution in [2.24, 2.45) is 0 Å². The largest absolute Gasteiger partial charge is 0.387 e. The molecule has 0 atom stereocenters. The van der Waals surface area contributed by atoms with E-state index in [2.05, 4.69) is 0 Å². The topological polar surface area (TPSA) is 29.9 Å². The molecule has 0 aliphatic carbocycles. The third-order valence-electron chi connectivity index (χ3n) is 0.838. The summed E-state index contributed by atoms with van der Waals surface area (Å²) in [6, 6.07) is 4.53. The Bertz CT molecular complexity index is 167. The predicted octanol–water partition coefficient (Wildman–Crippen LogP) is -0.173. The Morgan fingerprint density at radius 1 is 1.50 bits per heavy atom. The van der Waals surface area contributed by atoms with E-state index < -0.39 is 5.95 Å². The maximum Gasteiger partial charge on any atom is 0.387 e. The van der Waals surface area contributed by atoms with Gasteiger partial charge in [-0.15, -0.1) is 4.39 Å². The third-order valence-corrected chi connectivity index (χ3v) is 0.838. The highest BCUT2D eigenvalue weighted by Gasteiger charge is 1.99. The lowest BCUT2D eigenvalue weighted by molar-refractivity contribution is -0.669. The molecule has 0 unspecified atom stereocenters. The number of halogens is 1. The van der Waals surface area contributed by atoms with Gasteiger partial charge in [0, 0.05) is 12.1 Å². The van der Waals surface area contributed by atoms with E-state index in [9.17, 15) is 4.39 Å². The second-order valence-corrected chi connectivity index (χ2v) is 1.43. The van der Waals surface area contributed by atoms with Crippen molar-refractivity contribution >= 4 is 0 Å². The van der Waals surface area contributed by atoms with Gasteiger partial charge in [-0.05, 0) is 6.07 Å². The summed E-state index contributed by atoms with van der Waals surface area (Å²) in [5, 5.41) is 0. The summed E-state index contributed by atoms with van der Waals surface area (Å²) in [7, 11) is 0. The van der Waals surface area contributed by atoms with E-state index in [1.165, 1.54) is 12.3 Å². The van der Waals surface area contributed by atoms with E-state index in [-0.39, 0.29) is 0 Å². The van der Waals surface area contributed by atoms with Gasteiger partial charge in [0.05, 0.1) is 0 Å². The second-order valence-electron chi connectivity index (χ2n) is 1.43. The van der Waals surface area contributed by atoms with Crippen LogP contribution in [0, 0.1) is 5.95 Å². The summed E-state index contributed by atoms with van der Waals surface area (Å²) >= 11 is 0. The molecule has 0 radical (unpaired) electrons. The van der Waals surface area contributed by atoms with E-state index >= 15 is 0 Å². The molecule has 0 spiro atoms. The molecule has 1 aromatic rings. The van der Waals surface area contributed by atoms with E-state index in [0.717, 1.165) is 4.68 Å². The van der Waals surface area contributed by atoms with Crippen LogP contribution in [0.15, 0.2) is 24.4 Å². The first-order valence-electron chi connectivity index (χ1n) is 2.22. The highest BCUT2D eigenvalue weighted by molar-refractivity contribution is 4.85. The predicted molar refractivity (Wildman–Crippen MR) is 26.7 cm³/mol. The smallest absolute Gasteiger partial charge is 0.203 e. The number of nitrogens with two attached hydrogens (primary N) is 1. The van der Waals surface area contributed by atoms with Gasteiger partial charge in [-0.3, -0.25) is 0 Å². The molecule has 2 N–H and O–H groups in total. The van der Waals surface area contributed by atoms with E-state index in [1.807, 2.05) is 0 Å². The average Bonchev–Trinajstić information content (AvgIpc) is 1.77. The summed E-state index contributed by atoms with van der Waals surface area (Å²) < 4.78 is 13.1. The number of aromatic nitrogens is 1. The van der Waals surface area contributed by atoms with Gasteiger partial charge in [0.25, 0.3) is 0 Å². The summed E-state index contributed by atoms with van der Waals surface area (Å²) in [4.78, 5) is 0. The van der Waals surface area contributed by atoms with Crippen LogP contribution in [0.2, 0.25) is 0 Å². The molecule has 0 saturated carbocycles. The van der Waals surface area contributed by atoms with Gasteiger partial charge in [0.2, 0.25) is 6.20 Å². The van der Waals surface area contributed by atoms with Crippen molar-refractivity contribution < 1.29 is 9.07 Å². The highest BCUT2D eigenvalue weighted by Crippen LogP contribution is 1.82. The van der Waals surface area contributed by atoms with E-state index in [1.54, 1.807) is 12.1 Å². The first-order valence-corrected chi connectivity index (χ1v) is 2.22. The maximum atomic E-state index is 12.2. The summed E-state index contributed by atoms with van der Waals surface area (Å²) in [5.74, 6) is 4.62. The van der Waals surface area contributed by atoms with Crippen molar-refractivity contribution in [3.8, 4) is 0 Å². The van der Waals surface area contributed by atoms with Crippen molar-refractivity contribution in [3.63, 3.8) is 0 Å². The zero-order chi connectivity index (χ0) is 5.98. The zero-order valence-electron chi connectivity index (χ0n) is 4.21. The molecular weight excluding hydrogens is 107 g/mol. The van der Waals surface area contributed by atoms with Crippen molar-refractivity contribution in [2.75, 3.05) is 5.84 Å². The van der Waals surface area contributed by atoms with E-state index in [4.69, 9.17) is 5.84 Å². The highest BCUT2D eigenvalue weighted by atomic mass is 19.1. The van der Waals surface area contributed by atoms with E-state index in [0.29, 0.717) is 0 Å². The molecular formula is C5H6FN2+. The van der Waals surface area contributed by atoms with Crippen LogP contribution in [0.4, 0.5) is 4.39 Å². The number of nitrogen functional groups attached to an aromatic ring is 1. The lowest BCUT2D eigenvalue weighted by Gasteiger charge is -1.81. The van der Waals surface area contributed by atoms with Gasteiger partial charge >= 0.3 is 5.95 Å². The number of hydrogen-bond donors (Lipinski definition) is 1. The fraction of sp³-hybridized carbons (Fsp3) is 0. The van der Waals surface area contributed by atoms with Crippen LogP contribution in [0.3, 0.4) is 0 Å². The van der Waals surface area contributed by atoms with Crippen molar-refractivity contribution in [3.05, 3.63) is 30.3 Å². The normalized spacial score (nSPS) is 9.12. The molecule has 0 amide bonds. The molecule has 3 heteroatoms. The van der Waals surface area contributed by atoms with Gasteiger partial charge in [-0.2, -0.15) is 0 Å². The molecule has 1 heterocycles.